The highest BCUT2D eigenvalue weighted by molar-refractivity contribution is 4.97. The summed E-state index contributed by atoms with van der Waals surface area (Å²) >= 11 is 0. The molecule has 1 N–H and O–H groups in total. The Morgan fingerprint density at radius 1 is 1.42 bits per heavy atom. The highest BCUT2D eigenvalue weighted by Crippen LogP contribution is 2.19. The van der Waals surface area contributed by atoms with Gasteiger partial charge in [0, 0.05) is 12.5 Å². The van der Waals surface area contributed by atoms with Crippen LogP contribution in [0, 0.1) is 0 Å². The van der Waals surface area contributed by atoms with Crippen molar-refractivity contribution in [3.8, 4) is 0 Å². The van der Waals surface area contributed by atoms with E-state index in [0.717, 1.165) is 6.42 Å². The van der Waals surface area contributed by atoms with E-state index >= 15 is 0 Å². The molecule has 1 aromatic heterocycles. The lowest BCUT2D eigenvalue weighted by molar-refractivity contribution is 0.0182. The van der Waals surface area contributed by atoms with E-state index in [1.807, 2.05) is 14.0 Å². The van der Waals surface area contributed by atoms with E-state index in [1.165, 1.54) is 0 Å². The lowest BCUT2D eigenvalue weighted by atomic mass is 10.00. The molecule has 1 aromatic rings. The Morgan fingerprint density at radius 2 is 2.16 bits per heavy atom. The molecule has 0 fully saturated rings. The molecule has 1 rings (SSSR count). The van der Waals surface area contributed by atoms with Crippen LogP contribution in [0.2, 0.25) is 0 Å². The molecule has 0 saturated carbocycles. The number of halogens is 2. The summed E-state index contributed by atoms with van der Waals surface area (Å²) in [4.78, 5) is 4.26. The van der Waals surface area contributed by atoms with Gasteiger partial charge in [-0.2, -0.15) is 4.98 Å². The van der Waals surface area contributed by atoms with Gasteiger partial charge in [0.2, 0.25) is 5.89 Å². The van der Waals surface area contributed by atoms with Gasteiger partial charge in [0.05, 0.1) is 12.5 Å². The number of ether oxygens (including phenoxy) is 1. The summed E-state index contributed by atoms with van der Waals surface area (Å²) in [6.45, 7) is 3.70. The standard InChI is InChI=1S/C12H21F2N3O2/c1-4-9(15-3)8(2)12-16-11(17-19-12)5-6-18-7-10(13)14/h8-10,15H,4-7H2,1-3H3. The van der Waals surface area contributed by atoms with E-state index in [2.05, 4.69) is 22.4 Å². The van der Waals surface area contributed by atoms with Gasteiger partial charge in [0.25, 0.3) is 6.43 Å². The summed E-state index contributed by atoms with van der Waals surface area (Å²) in [5.41, 5.74) is 0. The van der Waals surface area contributed by atoms with Crippen molar-refractivity contribution in [2.45, 2.75) is 45.1 Å². The summed E-state index contributed by atoms with van der Waals surface area (Å²) in [6, 6.07) is 0.267. The summed E-state index contributed by atoms with van der Waals surface area (Å²) in [6.07, 6.45) is -1.12. The number of alkyl halides is 2. The third-order valence-corrected chi connectivity index (χ3v) is 3.00. The Kier molecular flexibility index (Phi) is 6.86. The third kappa shape index (κ3) is 5.20. The van der Waals surface area contributed by atoms with Crippen LogP contribution in [0.4, 0.5) is 8.78 Å². The van der Waals surface area contributed by atoms with Crippen molar-refractivity contribution < 1.29 is 18.0 Å². The predicted octanol–water partition coefficient (Wildman–Crippen LogP) is 2.00. The number of likely N-dealkylation sites (N-methyl/N-ethyl adjacent to an activating group) is 1. The largest absolute Gasteiger partial charge is 0.375 e. The number of nitrogens with zero attached hydrogens (tertiary/aromatic N) is 2. The second-order valence-corrected chi connectivity index (χ2v) is 4.36. The summed E-state index contributed by atoms with van der Waals surface area (Å²) < 4.78 is 33.7. The zero-order valence-corrected chi connectivity index (χ0v) is 11.5. The number of rotatable bonds is 9. The van der Waals surface area contributed by atoms with E-state index < -0.39 is 13.0 Å². The van der Waals surface area contributed by atoms with Crippen LogP contribution < -0.4 is 5.32 Å². The number of aromatic nitrogens is 2. The normalized spacial score (nSPS) is 14.8. The van der Waals surface area contributed by atoms with Crippen molar-refractivity contribution in [2.24, 2.45) is 0 Å². The highest BCUT2D eigenvalue weighted by atomic mass is 19.3. The van der Waals surface area contributed by atoms with Crippen LogP contribution in [-0.2, 0) is 11.2 Å². The lowest BCUT2D eigenvalue weighted by Crippen LogP contribution is -2.30. The van der Waals surface area contributed by atoms with Gasteiger partial charge in [-0.15, -0.1) is 0 Å². The number of hydrogen-bond acceptors (Lipinski definition) is 5. The van der Waals surface area contributed by atoms with Crippen molar-refractivity contribution in [2.75, 3.05) is 20.3 Å². The molecule has 0 saturated heterocycles. The van der Waals surface area contributed by atoms with Gasteiger partial charge >= 0.3 is 0 Å². The Bertz CT molecular complexity index is 356. The molecule has 0 radical (unpaired) electrons. The maximum Gasteiger partial charge on any atom is 0.261 e. The van der Waals surface area contributed by atoms with Gasteiger partial charge in [-0.1, -0.05) is 19.0 Å². The van der Waals surface area contributed by atoms with E-state index in [-0.39, 0.29) is 18.6 Å². The molecule has 7 heteroatoms. The average Bonchev–Trinajstić information content (AvgIpc) is 2.84. The van der Waals surface area contributed by atoms with Crippen molar-refractivity contribution in [3.05, 3.63) is 11.7 Å². The minimum Gasteiger partial charge on any atom is -0.375 e. The predicted molar refractivity (Wildman–Crippen MR) is 66.4 cm³/mol. The summed E-state index contributed by atoms with van der Waals surface area (Å²) in [7, 11) is 1.89. The maximum atomic E-state index is 11.9. The monoisotopic (exact) mass is 277 g/mol. The van der Waals surface area contributed by atoms with Crippen LogP contribution in [0.5, 0.6) is 0 Å². The summed E-state index contributed by atoms with van der Waals surface area (Å²) in [5.74, 6) is 1.16. The van der Waals surface area contributed by atoms with E-state index in [0.29, 0.717) is 18.1 Å². The summed E-state index contributed by atoms with van der Waals surface area (Å²) in [5, 5.41) is 7.01. The van der Waals surface area contributed by atoms with Crippen LogP contribution in [-0.4, -0.2) is 42.9 Å². The fourth-order valence-electron chi connectivity index (χ4n) is 1.87. The molecule has 0 bridgehead atoms. The second-order valence-electron chi connectivity index (χ2n) is 4.36. The SMILES string of the molecule is CCC(NC)C(C)c1nc(CCOCC(F)F)no1. The van der Waals surface area contributed by atoms with Crippen molar-refractivity contribution >= 4 is 0 Å². The number of nitrogens with one attached hydrogen (secondary N) is 1. The molecule has 0 aromatic carbocycles. The molecule has 0 spiro atoms. The van der Waals surface area contributed by atoms with E-state index in [1.54, 1.807) is 0 Å². The molecular formula is C12H21F2N3O2. The zero-order valence-electron chi connectivity index (χ0n) is 11.5. The topological polar surface area (TPSA) is 60.2 Å². The number of hydrogen-bond donors (Lipinski definition) is 1. The zero-order chi connectivity index (χ0) is 14.3. The van der Waals surface area contributed by atoms with E-state index in [9.17, 15) is 8.78 Å². The lowest BCUT2D eigenvalue weighted by Gasteiger charge is -2.18. The fourth-order valence-corrected chi connectivity index (χ4v) is 1.87. The maximum absolute atomic E-state index is 11.9. The van der Waals surface area contributed by atoms with Gasteiger partial charge in [-0.3, -0.25) is 0 Å². The quantitative estimate of drug-likeness (QED) is 0.699. The Hall–Kier alpha value is -1.08. The minimum atomic E-state index is -2.44. The molecule has 110 valence electrons. The average molecular weight is 277 g/mol. The Balaban J connectivity index is 2.43. The van der Waals surface area contributed by atoms with Gasteiger partial charge < -0.3 is 14.6 Å². The van der Waals surface area contributed by atoms with Gasteiger partial charge in [0.15, 0.2) is 5.82 Å². The first-order valence-electron chi connectivity index (χ1n) is 6.44. The second kappa shape index (κ2) is 8.16. The molecule has 5 nitrogen and oxygen atoms in total. The molecule has 0 aliphatic heterocycles. The molecule has 0 amide bonds. The smallest absolute Gasteiger partial charge is 0.261 e. The van der Waals surface area contributed by atoms with Gasteiger partial charge in [-0.05, 0) is 13.5 Å². The van der Waals surface area contributed by atoms with E-state index in [4.69, 9.17) is 9.26 Å². The molecule has 0 aliphatic rings. The van der Waals surface area contributed by atoms with Gasteiger partial charge in [-0.25, -0.2) is 8.78 Å². The molecular weight excluding hydrogens is 256 g/mol. The van der Waals surface area contributed by atoms with Crippen LogP contribution in [0.3, 0.4) is 0 Å². The molecule has 0 aliphatic carbocycles. The Morgan fingerprint density at radius 3 is 2.74 bits per heavy atom. The molecule has 1 heterocycles. The minimum absolute atomic E-state index is 0.109. The fraction of sp³-hybridized carbons (Fsp3) is 0.833. The van der Waals surface area contributed by atoms with Gasteiger partial charge in [0.1, 0.15) is 6.61 Å². The first kappa shape index (κ1) is 16.0. The molecule has 2 atom stereocenters. The molecule has 19 heavy (non-hydrogen) atoms. The molecule has 2 unspecified atom stereocenters. The van der Waals surface area contributed by atoms with Crippen molar-refractivity contribution in [3.63, 3.8) is 0 Å². The Labute approximate surface area is 111 Å². The van der Waals surface area contributed by atoms with Crippen LogP contribution >= 0.6 is 0 Å². The van der Waals surface area contributed by atoms with Crippen LogP contribution in [0.15, 0.2) is 4.52 Å². The third-order valence-electron chi connectivity index (χ3n) is 3.00. The first-order chi connectivity index (χ1) is 9.08. The highest BCUT2D eigenvalue weighted by Gasteiger charge is 2.21. The first-order valence-corrected chi connectivity index (χ1v) is 6.44. The van der Waals surface area contributed by atoms with Crippen LogP contribution in [0.1, 0.15) is 37.9 Å². The van der Waals surface area contributed by atoms with Crippen molar-refractivity contribution in [1.29, 1.82) is 0 Å². The van der Waals surface area contributed by atoms with Crippen molar-refractivity contribution in [1.82, 2.24) is 15.5 Å². The van der Waals surface area contributed by atoms with Crippen LogP contribution in [0.25, 0.3) is 0 Å².